The number of esters is 1. The van der Waals surface area contributed by atoms with Crippen LogP contribution in [0.4, 0.5) is 0 Å². The summed E-state index contributed by atoms with van der Waals surface area (Å²) in [4.78, 5) is 26.7. The first-order valence-corrected chi connectivity index (χ1v) is 13.3. The van der Waals surface area contributed by atoms with Crippen molar-refractivity contribution in [3.63, 3.8) is 0 Å². The third-order valence-electron chi connectivity index (χ3n) is 5.56. The summed E-state index contributed by atoms with van der Waals surface area (Å²) in [6.45, 7) is 2.26. The zero-order valence-electron chi connectivity index (χ0n) is 17.9. The summed E-state index contributed by atoms with van der Waals surface area (Å²) in [5.74, 6) is 0.160. The van der Waals surface area contributed by atoms with Crippen molar-refractivity contribution in [2.75, 3.05) is 12.9 Å². The van der Waals surface area contributed by atoms with Crippen molar-refractivity contribution in [1.82, 2.24) is 15.0 Å². The van der Waals surface area contributed by atoms with Crippen LogP contribution in [0.3, 0.4) is 0 Å². The van der Waals surface area contributed by atoms with Gasteiger partial charge in [-0.25, -0.2) is 15.0 Å². The van der Waals surface area contributed by atoms with E-state index >= 15 is 0 Å². The molecule has 1 saturated carbocycles. The number of carbonyl (C=O) groups excluding carboxylic acids is 1. The van der Waals surface area contributed by atoms with E-state index < -0.39 is 10.8 Å². The van der Waals surface area contributed by atoms with Gasteiger partial charge < -0.3 is 4.74 Å². The van der Waals surface area contributed by atoms with Crippen LogP contribution in [0.2, 0.25) is 5.02 Å². The van der Waals surface area contributed by atoms with E-state index in [1.165, 1.54) is 0 Å². The molecule has 0 aliphatic heterocycles. The van der Waals surface area contributed by atoms with Crippen LogP contribution in [-0.2, 0) is 20.3 Å². The number of nitrogens with zero attached hydrogens (tertiary/aromatic N) is 3. The molecule has 0 spiro atoms. The molecule has 4 rings (SSSR count). The highest BCUT2D eigenvalue weighted by molar-refractivity contribution is 7.84. The number of hydrogen-bond donors (Lipinski definition) is 0. The number of aromatic nitrogens is 3. The highest BCUT2D eigenvalue weighted by atomic mass is 35.5. The van der Waals surface area contributed by atoms with Crippen LogP contribution >= 0.6 is 22.9 Å². The van der Waals surface area contributed by atoms with Crippen molar-refractivity contribution in [3.05, 3.63) is 46.6 Å². The zero-order chi connectivity index (χ0) is 22.7. The Morgan fingerprint density at radius 1 is 1.22 bits per heavy atom. The second-order valence-electron chi connectivity index (χ2n) is 7.72. The van der Waals surface area contributed by atoms with Crippen molar-refractivity contribution >= 4 is 39.7 Å². The lowest BCUT2D eigenvalue weighted by atomic mass is 9.82. The molecule has 0 saturated heterocycles. The first-order valence-electron chi connectivity index (χ1n) is 10.6. The molecule has 2 aromatic heterocycles. The van der Waals surface area contributed by atoms with Gasteiger partial charge in [0, 0.05) is 29.0 Å². The van der Waals surface area contributed by atoms with E-state index in [2.05, 4.69) is 9.97 Å². The highest BCUT2D eigenvalue weighted by Gasteiger charge is 2.30. The maximum Gasteiger partial charge on any atom is 0.308 e. The molecule has 1 aromatic carbocycles. The van der Waals surface area contributed by atoms with Crippen LogP contribution in [0.5, 0.6) is 0 Å². The number of halogens is 1. The van der Waals surface area contributed by atoms with E-state index in [4.69, 9.17) is 21.3 Å². The maximum atomic E-state index is 12.1. The van der Waals surface area contributed by atoms with Gasteiger partial charge in [0.1, 0.15) is 0 Å². The predicted molar refractivity (Wildman–Crippen MR) is 127 cm³/mol. The molecule has 1 unspecified atom stereocenters. The van der Waals surface area contributed by atoms with E-state index in [1.807, 2.05) is 37.3 Å². The van der Waals surface area contributed by atoms with Crippen LogP contribution < -0.4 is 0 Å². The topological polar surface area (TPSA) is 82.0 Å². The van der Waals surface area contributed by atoms with E-state index in [0.717, 1.165) is 46.8 Å². The summed E-state index contributed by atoms with van der Waals surface area (Å²) in [5, 5.41) is 1.95. The minimum atomic E-state index is -1.28. The van der Waals surface area contributed by atoms with Gasteiger partial charge in [0.25, 0.3) is 0 Å². The normalized spacial score (nSPS) is 19.5. The third kappa shape index (κ3) is 5.08. The van der Waals surface area contributed by atoms with Gasteiger partial charge in [0.05, 0.1) is 44.6 Å². The second-order valence-corrected chi connectivity index (χ2v) is 10.5. The molecule has 1 aliphatic rings. The third-order valence-corrected chi connectivity index (χ3v) is 7.75. The standard InChI is InChI=1S/C23H24ClN3O3S2/c1-3-30-22(28)15-9-7-14(8-10-15)21-27-19(16-5-4-6-17(24)13-16)20(31-21)18-11-12-25-23(26-18)32(2)29/h4-6,11-15H,3,7-10H2,1-2H3. The van der Waals surface area contributed by atoms with E-state index in [0.29, 0.717) is 22.5 Å². The Morgan fingerprint density at radius 3 is 2.69 bits per heavy atom. The summed E-state index contributed by atoms with van der Waals surface area (Å²) in [6.07, 6.45) is 6.58. The first kappa shape index (κ1) is 23.0. The Labute approximate surface area is 198 Å². The molecular weight excluding hydrogens is 466 g/mol. The van der Waals surface area contributed by atoms with Crippen LogP contribution in [0.25, 0.3) is 21.8 Å². The van der Waals surface area contributed by atoms with Crippen LogP contribution in [0, 0.1) is 5.92 Å². The molecule has 32 heavy (non-hydrogen) atoms. The van der Waals surface area contributed by atoms with Crippen LogP contribution in [0.15, 0.2) is 41.7 Å². The molecule has 9 heteroatoms. The smallest absolute Gasteiger partial charge is 0.308 e. The number of thiazole rings is 1. The molecular formula is C23H24ClN3O3S2. The first-order chi connectivity index (χ1) is 15.5. The van der Waals surface area contributed by atoms with E-state index in [-0.39, 0.29) is 17.8 Å². The zero-order valence-corrected chi connectivity index (χ0v) is 20.3. The average molecular weight is 490 g/mol. The van der Waals surface area contributed by atoms with Crippen molar-refractivity contribution < 1.29 is 13.7 Å². The lowest BCUT2D eigenvalue weighted by molar-refractivity contribution is -0.149. The molecule has 0 radical (unpaired) electrons. The monoisotopic (exact) mass is 489 g/mol. The quantitative estimate of drug-likeness (QED) is 0.336. The molecule has 0 N–H and O–H groups in total. The van der Waals surface area contributed by atoms with Gasteiger partial charge in [-0.2, -0.15) is 0 Å². The van der Waals surface area contributed by atoms with Gasteiger partial charge >= 0.3 is 5.97 Å². The number of hydrogen-bond acceptors (Lipinski definition) is 7. The Hall–Kier alpha value is -2.16. The minimum Gasteiger partial charge on any atom is -0.466 e. The number of carbonyl (C=O) groups is 1. The fourth-order valence-electron chi connectivity index (χ4n) is 3.96. The van der Waals surface area contributed by atoms with Crippen molar-refractivity contribution in [1.29, 1.82) is 0 Å². The van der Waals surface area contributed by atoms with Crippen LogP contribution in [0.1, 0.15) is 43.5 Å². The number of ether oxygens (including phenoxy) is 1. The summed E-state index contributed by atoms with van der Waals surface area (Å²) < 4.78 is 17.1. The highest BCUT2D eigenvalue weighted by Crippen LogP contribution is 2.43. The molecule has 2 heterocycles. The molecule has 0 bridgehead atoms. The van der Waals surface area contributed by atoms with Gasteiger partial charge in [-0.05, 0) is 50.8 Å². The molecule has 3 aromatic rings. The van der Waals surface area contributed by atoms with Crippen molar-refractivity contribution in [2.45, 2.75) is 43.7 Å². The largest absolute Gasteiger partial charge is 0.466 e. The lowest BCUT2D eigenvalue weighted by Gasteiger charge is -2.25. The average Bonchev–Trinajstić information content (AvgIpc) is 3.25. The lowest BCUT2D eigenvalue weighted by Crippen LogP contribution is -2.23. The van der Waals surface area contributed by atoms with Gasteiger partial charge in [0.2, 0.25) is 5.16 Å². The Kier molecular flexibility index (Phi) is 7.33. The minimum absolute atomic E-state index is 0.0259. The fraction of sp³-hybridized carbons (Fsp3) is 0.391. The van der Waals surface area contributed by atoms with Gasteiger partial charge in [-0.15, -0.1) is 11.3 Å². The Bertz CT molecular complexity index is 1140. The molecule has 168 valence electrons. The van der Waals surface area contributed by atoms with E-state index in [1.54, 1.807) is 23.8 Å². The summed E-state index contributed by atoms with van der Waals surface area (Å²) in [6, 6.07) is 9.42. The van der Waals surface area contributed by atoms with Gasteiger partial charge in [0.15, 0.2) is 0 Å². The molecule has 0 amide bonds. The van der Waals surface area contributed by atoms with Gasteiger partial charge in [-0.3, -0.25) is 9.00 Å². The predicted octanol–water partition coefficient (Wildman–Crippen LogP) is 5.49. The van der Waals surface area contributed by atoms with Crippen molar-refractivity contribution in [2.24, 2.45) is 5.92 Å². The Morgan fingerprint density at radius 2 is 2.00 bits per heavy atom. The van der Waals surface area contributed by atoms with Gasteiger partial charge in [-0.1, -0.05) is 23.7 Å². The fourth-order valence-corrected chi connectivity index (χ4v) is 5.81. The Balaban J connectivity index is 1.68. The summed E-state index contributed by atoms with van der Waals surface area (Å²) in [7, 11) is -1.28. The maximum absolute atomic E-state index is 12.1. The molecule has 1 atom stereocenters. The SMILES string of the molecule is CCOC(=O)C1CCC(c2nc(-c3cccc(Cl)c3)c(-c3ccnc(S(C)=O)n3)s2)CC1. The molecule has 6 nitrogen and oxygen atoms in total. The van der Waals surface area contributed by atoms with E-state index in [9.17, 15) is 9.00 Å². The van der Waals surface area contributed by atoms with Crippen molar-refractivity contribution in [3.8, 4) is 21.8 Å². The second kappa shape index (κ2) is 10.2. The number of benzene rings is 1. The molecule has 1 aliphatic carbocycles. The molecule has 1 fully saturated rings. The summed E-state index contributed by atoms with van der Waals surface area (Å²) in [5.41, 5.74) is 2.42. The number of rotatable bonds is 6. The summed E-state index contributed by atoms with van der Waals surface area (Å²) >= 11 is 7.85. The van der Waals surface area contributed by atoms with Crippen LogP contribution in [-0.4, -0.2) is 38.0 Å².